The van der Waals surface area contributed by atoms with E-state index in [9.17, 15) is 9.90 Å². The summed E-state index contributed by atoms with van der Waals surface area (Å²) in [6.07, 6.45) is 3.93. The number of carboxylic acid groups (broad SMARTS) is 1. The van der Waals surface area contributed by atoms with Gasteiger partial charge < -0.3 is 20.6 Å². The Bertz CT molecular complexity index is 1760. The van der Waals surface area contributed by atoms with Crippen LogP contribution in [0.5, 0.6) is 5.75 Å². The number of carboxylic acids is 1. The van der Waals surface area contributed by atoms with Gasteiger partial charge in [-0.15, -0.1) is 0 Å². The van der Waals surface area contributed by atoms with Crippen LogP contribution in [0.3, 0.4) is 0 Å². The van der Waals surface area contributed by atoms with Crippen LogP contribution >= 0.6 is 0 Å². The van der Waals surface area contributed by atoms with E-state index in [0.717, 1.165) is 78.5 Å². The molecule has 0 saturated carbocycles. The average molecular weight is 502 g/mol. The summed E-state index contributed by atoms with van der Waals surface area (Å²) in [6, 6.07) is 20.4. The van der Waals surface area contributed by atoms with Crippen LogP contribution in [0, 0.1) is 12.3 Å². The third kappa shape index (κ3) is 3.86. The van der Waals surface area contributed by atoms with Crippen LogP contribution in [0.1, 0.15) is 22.3 Å². The molecule has 0 bridgehead atoms. The summed E-state index contributed by atoms with van der Waals surface area (Å²) in [5, 5.41) is 23.7. The second kappa shape index (κ2) is 9.30. The van der Waals surface area contributed by atoms with Crippen LogP contribution in [-0.2, 0) is 17.6 Å². The zero-order valence-corrected chi connectivity index (χ0v) is 21.3. The molecule has 6 heteroatoms. The van der Waals surface area contributed by atoms with E-state index < -0.39 is 5.97 Å². The van der Waals surface area contributed by atoms with Crippen molar-refractivity contribution in [2.75, 3.05) is 19.0 Å². The molecule has 0 atom stereocenters. The Morgan fingerprint density at radius 2 is 1.92 bits per heavy atom. The molecule has 6 rings (SSSR count). The fraction of sp³-hybridized carbons (Fsp3) is 0.156. The maximum Gasteiger partial charge on any atom is 0.307 e. The number of nitrogens with one attached hydrogen (secondary N) is 2. The van der Waals surface area contributed by atoms with E-state index in [1.54, 1.807) is 0 Å². The number of aryl methyl sites for hydroxylation is 1. The largest absolute Gasteiger partial charge is 0.493 e. The number of hydrogen-bond acceptors (Lipinski definition) is 5. The van der Waals surface area contributed by atoms with E-state index >= 15 is 0 Å². The Hall–Kier alpha value is -4.71. The first-order valence-electron chi connectivity index (χ1n) is 12.6. The van der Waals surface area contributed by atoms with Crippen molar-refractivity contribution in [1.29, 1.82) is 5.41 Å². The van der Waals surface area contributed by atoms with Crippen LogP contribution in [0.25, 0.3) is 43.9 Å². The molecule has 1 aliphatic rings. The number of fused-ring (bicyclic) bond motifs is 1. The molecule has 0 spiro atoms. The maximum atomic E-state index is 12.0. The van der Waals surface area contributed by atoms with Gasteiger partial charge in [0.05, 0.1) is 18.5 Å². The normalized spacial score (nSPS) is 12.4. The van der Waals surface area contributed by atoms with Crippen molar-refractivity contribution in [2.45, 2.75) is 19.8 Å². The van der Waals surface area contributed by atoms with Gasteiger partial charge in [-0.1, -0.05) is 24.3 Å². The first-order chi connectivity index (χ1) is 18.5. The van der Waals surface area contributed by atoms with Crippen molar-refractivity contribution in [3.05, 3.63) is 89.1 Å². The summed E-state index contributed by atoms with van der Waals surface area (Å²) >= 11 is 0. The van der Waals surface area contributed by atoms with Gasteiger partial charge in [0.25, 0.3) is 0 Å². The van der Waals surface area contributed by atoms with E-state index in [1.165, 1.54) is 11.8 Å². The van der Waals surface area contributed by atoms with E-state index in [4.69, 9.17) is 15.1 Å². The monoisotopic (exact) mass is 501 g/mol. The molecule has 0 amide bonds. The minimum absolute atomic E-state index is 0.0769. The van der Waals surface area contributed by atoms with Crippen molar-refractivity contribution in [2.24, 2.45) is 0 Å². The number of nitrogens with zero attached hydrogens (tertiary/aromatic N) is 1. The summed E-state index contributed by atoms with van der Waals surface area (Å²) < 4.78 is 5.94. The van der Waals surface area contributed by atoms with Crippen molar-refractivity contribution >= 4 is 39.5 Å². The highest BCUT2D eigenvalue weighted by atomic mass is 16.5. The number of anilines is 1. The molecule has 0 saturated heterocycles. The Morgan fingerprint density at radius 1 is 1.11 bits per heavy atom. The van der Waals surface area contributed by atoms with E-state index in [-0.39, 0.29) is 6.42 Å². The standard InChI is InChI=1S/C32H27N3O3/c1-18-13-22-14-20(21-4-7-27(34-2)23(15-21)17-33)3-5-24(22)31(26(18)16-29(36)37)25-6-8-28-30-19(10-12-38-28)9-11-35-32(25)30/h3-9,11,13-15,17,33-34H,10,12,16H2,1-2H3,(H,36,37). The quantitative estimate of drug-likeness (QED) is 0.227. The number of benzene rings is 4. The molecule has 2 heterocycles. The fourth-order valence-electron chi connectivity index (χ4n) is 5.65. The van der Waals surface area contributed by atoms with E-state index in [0.29, 0.717) is 6.61 Å². The molecule has 4 aromatic carbocycles. The molecule has 1 aliphatic heterocycles. The highest BCUT2D eigenvalue weighted by Gasteiger charge is 2.22. The molecule has 0 aliphatic carbocycles. The molecular formula is C32H27N3O3. The van der Waals surface area contributed by atoms with Crippen molar-refractivity contribution in [3.63, 3.8) is 0 Å². The highest BCUT2D eigenvalue weighted by molar-refractivity contribution is 6.09. The van der Waals surface area contributed by atoms with Gasteiger partial charge in [0, 0.05) is 48.1 Å². The fourth-order valence-corrected chi connectivity index (χ4v) is 5.65. The predicted molar refractivity (Wildman–Crippen MR) is 153 cm³/mol. The molecular weight excluding hydrogens is 474 g/mol. The van der Waals surface area contributed by atoms with Gasteiger partial charge in [-0.05, 0) is 87.5 Å². The molecule has 188 valence electrons. The highest BCUT2D eigenvalue weighted by Crippen LogP contribution is 2.43. The summed E-state index contributed by atoms with van der Waals surface area (Å²) in [5.74, 6) is -0.0442. The lowest BCUT2D eigenvalue weighted by Crippen LogP contribution is -2.10. The second-order valence-electron chi connectivity index (χ2n) is 9.65. The van der Waals surface area contributed by atoms with Gasteiger partial charge in [-0.25, -0.2) is 0 Å². The van der Waals surface area contributed by atoms with Crippen LogP contribution in [0.2, 0.25) is 0 Å². The van der Waals surface area contributed by atoms with Gasteiger partial charge in [0.15, 0.2) is 0 Å². The maximum absolute atomic E-state index is 12.0. The Morgan fingerprint density at radius 3 is 2.71 bits per heavy atom. The van der Waals surface area contributed by atoms with Gasteiger partial charge in [0.1, 0.15) is 5.75 Å². The van der Waals surface area contributed by atoms with Gasteiger partial charge in [0.2, 0.25) is 0 Å². The number of aromatic nitrogens is 1. The second-order valence-corrected chi connectivity index (χ2v) is 9.65. The van der Waals surface area contributed by atoms with Gasteiger partial charge in [-0.2, -0.15) is 0 Å². The molecule has 6 nitrogen and oxygen atoms in total. The van der Waals surface area contributed by atoms with Gasteiger partial charge in [-0.3, -0.25) is 9.78 Å². The Labute approximate surface area is 220 Å². The molecule has 38 heavy (non-hydrogen) atoms. The Balaban J connectivity index is 1.62. The minimum Gasteiger partial charge on any atom is -0.493 e. The summed E-state index contributed by atoms with van der Waals surface area (Å²) in [5.41, 5.74) is 9.33. The summed E-state index contributed by atoms with van der Waals surface area (Å²) in [7, 11) is 1.85. The Kier molecular flexibility index (Phi) is 5.80. The molecule has 3 N–H and O–H groups in total. The number of carbonyl (C=O) groups is 1. The van der Waals surface area contributed by atoms with E-state index in [2.05, 4.69) is 29.6 Å². The minimum atomic E-state index is -0.867. The van der Waals surface area contributed by atoms with E-state index in [1.807, 2.05) is 56.6 Å². The zero-order chi connectivity index (χ0) is 26.4. The lowest BCUT2D eigenvalue weighted by atomic mass is 9.86. The molecule has 0 fully saturated rings. The first kappa shape index (κ1) is 23.7. The number of rotatable bonds is 6. The number of pyridine rings is 1. The van der Waals surface area contributed by atoms with Gasteiger partial charge >= 0.3 is 5.97 Å². The molecule has 1 aromatic heterocycles. The zero-order valence-electron chi connectivity index (χ0n) is 21.3. The predicted octanol–water partition coefficient (Wildman–Crippen LogP) is 6.63. The van der Waals surface area contributed by atoms with Crippen molar-refractivity contribution in [1.82, 2.24) is 4.98 Å². The number of hydrogen-bond donors (Lipinski definition) is 3. The van der Waals surface area contributed by atoms with Crippen molar-refractivity contribution in [3.8, 4) is 28.0 Å². The smallest absolute Gasteiger partial charge is 0.307 e. The van der Waals surface area contributed by atoms with Crippen LogP contribution < -0.4 is 10.1 Å². The topological polar surface area (TPSA) is 95.3 Å². The lowest BCUT2D eigenvalue weighted by molar-refractivity contribution is -0.136. The third-order valence-electron chi connectivity index (χ3n) is 7.45. The first-order valence-corrected chi connectivity index (χ1v) is 12.6. The van der Waals surface area contributed by atoms with Crippen LogP contribution in [0.4, 0.5) is 5.69 Å². The lowest BCUT2D eigenvalue weighted by Gasteiger charge is -2.22. The number of ether oxygens (including phenoxy) is 1. The molecule has 5 aromatic rings. The third-order valence-corrected chi connectivity index (χ3v) is 7.45. The SMILES string of the molecule is CNc1ccc(-c2ccc3c(-c4ccc5c6c(ccnc46)CCO5)c(CC(=O)O)c(C)cc3c2)cc1C=N. The molecule has 0 radical (unpaired) electrons. The molecule has 0 unspecified atom stereocenters. The summed E-state index contributed by atoms with van der Waals surface area (Å²) in [4.78, 5) is 16.7. The summed E-state index contributed by atoms with van der Waals surface area (Å²) in [6.45, 7) is 2.62. The average Bonchev–Trinajstić information content (AvgIpc) is 2.93. The number of aliphatic carboxylic acids is 1. The van der Waals surface area contributed by atoms with Crippen LogP contribution in [0.15, 0.2) is 66.9 Å². The van der Waals surface area contributed by atoms with Crippen LogP contribution in [-0.4, -0.2) is 35.9 Å². The van der Waals surface area contributed by atoms with Crippen molar-refractivity contribution < 1.29 is 14.6 Å².